The molecule has 0 bridgehead atoms. The van der Waals surface area contributed by atoms with E-state index < -0.39 is 6.04 Å². The molecule has 0 unspecified atom stereocenters. The minimum atomic E-state index is -0.609. The summed E-state index contributed by atoms with van der Waals surface area (Å²) in [5.74, 6) is -0.470. The van der Waals surface area contributed by atoms with E-state index in [-0.39, 0.29) is 24.3 Å². The maximum atomic E-state index is 12.2. The van der Waals surface area contributed by atoms with Crippen LogP contribution in [0.4, 0.5) is 0 Å². The van der Waals surface area contributed by atoms with Gasteiger partial charge in [-0.15, -0.1) is 0 Å². The van der Waals surface area contributed by atoms with E-state index in [1.807, 2.05) is 50.4 Å². The number of para-hydroxylation sites is 1. The summed E-state index contributed by atoms with van der Waals surface area (Å²) in [4.78, 5) is 25.5. The third-order valence-electron chi connectivity index (χ3n) is 3.94. The fourth-order valence-corrected chi connectivity index (χ4v) is 2.24. The zero-order valence-electron chi connectivity index (χ0n) is 14.8. The van der Waals surface area contributed by atoms with Crippen LogP contribution in [0.25, 0.3) is 5.69 Å². The SMILES string of the molecule is CC(C)[C@H](N)C(=O)NCC(=O)N(C)Cc1cnn(-c2ccccc2)c1. The summed E-state index contributed by atoms with van der Waals surface area (Å²) in [6, 6.07) is 9.13. The first-order valence-corrected chi connectivity index (χ1v) is 8.24. The standard InChI is InChI=1S/C18H25N5O2/c1-13(2)17(19)18(25)20-10-16(24)22(3)11-14-9-21-23(12-14)15-7-5-4-6-8-15/h4-9,12-13,17H,10-11,19H2,1-3H3,(H,20,25)/t17-/m0/s1. The number of carbonyl (C=O) groups excluding carboxylic acids is 2. The van der Waals surface area contributed by atoms with Crippen molar-refractivity contribution < 1.29 is 9.59 Å². The topological polar surface area (TPSA) is 93.2 Å². The summed E-state index contributed by atoms with van der Waals surface area (Å²) < 4.78 is 1.76. The zero-order chi connectivity index (χ0) is 18.4. The number of likely N-dealkylation sites (N-methyl/N-ethyl adjacent to an activating group) is 1. The maximum Gasteiger partial charge on any atom is 0.242 e. The highest BCUT2D eigenvalue weighted by atomic mass is 16.2. The Balaban J connectivity index is 1.87. The maximum absolute atomic E-state index is 12.2. The number of nitrogens with zero attached hydrogens (tertiary/aromatic N) is 3. The van der Waals surface area contributed by atoms with Crippen molar-refractivity contribution in [1.82, 2.24) is 20.0 Å². The summed E-state index contributed by atoms with van der Waals surface area (Å²) in [7, 11) is 1.69. The molecule has 25 heavy (non-hydrogen) atoms. The van der Waals surface area contributed by atoms with E-state index in [0.29, 0.717) is 6.54 Å². The van der Waals surface area contributed by atoms with Crippen molar-refractivity contribution in [3.05, 3.63) is 48.3 Å². The van der Waals surface area contributed by atoms with E-state index >= 15 is 0 Å². The number of hydrogen-bond donors (Lipinski definition) is 2. The number of rotatable bonds is 7. The molecule has 3 N–H and O–H groups in total. The minimum Gasteiger partial charge on any atom is -0.346 e. The Morgan fingerprint density at radius 1 is 1.28 bits per heavy atom. The van der Waals surface area contributed by atoms with E-state index in [0.717, 1.165) is 11.3 Å². The first-order chi connectivity index (χ1) is 11.9. The van der Waals surface area contributed by atoms with E-state index in [9.17, 15) is 9.59 Å². The van der Waals surface area contributed by atoms with Crippen LogP contribution >= 0.6 is 0 Å². The molecular formula is C18H25N5O2. The summed E-state index contributed by atoms with van der Waals surface area (Å²) in [5, 5.41) is 6.89. The zero-order valence-corrected chi connectivity index (χ0v) is 14.8. The molecule has 2 amide bonds. The molecule has 0 radical (unpaired) electrons. The van der Waals surface area contributed by atoms with Gasteiger partial charge in [0.2, 0.25) is 11.8 Å². The van der Waals surface area contributed by atoms with Gasteiger partial charge in [-0.2, -0.15) is 5.10 Å². The van der Waals surface area contributed by atoms with Crippen molar-refractivity contribution in [2.45, 2.75) is 26.4 Å². The fourth-order valence-electron chi connectivity index (χ4n) is 2.24. The van der Waals surface area contributed by atoms with Crippen LogP contribution in [0.3, 0.4) is 0 Å². The monoisotopic (exact) mass is 343 g/mol. The second-order valence-corrected chi connectivity index (χ2v) is 6.37. The van der Waals surface area contributed by atoms with E-state index in [4.69, 9.17) is 5.73 Å². The molecule has 134 valence electrons. The van der Waals surface area contributed by atoms with Gasteiger partial charge in [0.1, 0.15) is 0 Å². The van der Waals surface area contributed by atoms with E-state index in [1.165, 1.54) is 0 Å². The normalized spacial score (nSPS) is 12.0. The minimum absolute atomic E-state index is 0.0247. The van der Waals surface area contributed by atoms with Gasteiger partial charge in [0.25, 0.3) is 0 Å². The predicted molar refractivity (Wildman–Crippen MR) is 95.9 cm³/mol. The number of nitrogens with one attached hydrogen (secondary N) is 1. The van der Waals surface area contributed by atoms with Gasteiger partial charge < -0.3 is 16.0 Å². The molecule has 1 aromatic carbocycles. The summed E-state index contributed by atoms with van der Waals surface area (Å²) >= 11 is 0. The lowest BCUT2D eigenvalue weighted by atomic mass is 10.1. The first-order valence-electron chi connectivity index (χ1n) is 8.24. The molecule has 0 fully saturated rings. The lowest BCUT2D eigenvalue weighted by Gasteiger charge is -2.19. The van der Waals surface area contributed by atoms with Crippen LogP contribution in [-0.2, 0) is 16.1 Å². The van der Waals surface area contributed by atoms with Crippen molar-refractivity contribution in [2.75, 3.05) is 13.6 Å². The Hall–Kier alpha value is -2.67. The lowest BCUT2D eigenvalue weighted by Crippen LogP contribution is -2.47. The molecule has 2 rings (SSSR count). The van der Waals surface area contributed by atoms with Gasteiger partial charge in [-0.25, -0.2) is 4.68 Å². The number of hydrogen-bond acceptors (Lipinski definition) is 4. The molecule has 0 aliphatic rings. The number of benzene rings is 1. The van der Waals surface area contributed by atoms with Crippen LogP contribution in [0, 0.1) is 5.92 Å². The molecule has 0 saturated heterocycles. The van der Waals surface area contributed by atoms with E-state index in [2.05, 4.69) is 10.4 Å². The first kappa shape index (κ1) is 18.7. The number of carbonyl (C=O) groups is 2. The van der Waals surface area contributed by atoms with Gasteiger partial charge in [-0.3, -0.25) is 9.59 Å². The van der Waals surface area contributed by atoms with Gasteiger partial charge in [0.05, 0.1) is 24.5 Å². The highest BCUT2D eigenvalue weighted by Crippen LogP contribution is 2.09. The smallest absolute Gasteiger partial charge is 0.242 e. The van der Waals surface area contributed by atoms with Crippen molar-refractivity contribution >= 4 is 11.8 Å². The second kappa shape index (κ2) is 8.43. The largest absolute Gasteiger partial charge is 0.346 e. The van der Waals surface area contributed by atoms with Gasteiger partial charge in [-0.05, 0) is 18.1 Å². The van der Waals surface area contributed by atoms with Gasteiger partial charge in [0, 0.05) is 25.4 Å². The van der Waals surface area contributed by atoms with Crippen LogP contribution < -0.4 is 11.1 Å². The molecule has 1 heterocycles. The number of aromatic nitrogens is 2. The van der Waals surface area contributed by atoms with Crippen molar-refractivity contribution in [2.24, 2.45) is 11.7 Å². The van der Waals surface area contributed by atoms with Crippen LogP contribution in [0.2, 0.25) is 0 Å². The van der Waals surface area contributed by atoms with Gasteiger partial charge in [0.15, 0.2) is 0 Å². The van der Waals surface area contributed by atoms with Crippen molar-refractivity contribution in [1.29, 1.82) is 0 Å². The van der Waals surface area contributed by atoms with Crippen LogP contribution in [0.1, 0.15) is 19.4 Å². The molecule has 1 aromatic heterocycles. The Kier molecular flexibility index (Phi) is 6.30. The number of amides is 2. The molecule has 0 aliphatic carbocycles. The predicted octanol–water partition coefficient (Wildman–Crippen LogP) is 0.930. The summed E-state index contributed by atoms with van der Waals surface area (Å²) in [6.07, 6.45) is 3.61. The molecular weight excluding hydrogens is 318 g/mol. The molecule has 1 atom stereocenters. The average molecular weight is 343 g/mol. The summed E-state index contributed by atoms with van der Waals surface area (Å²) in [6.45, 7) is 4.07. The Morgan fingerprint density at radius 2 is 1.96 bits per heavy atom. The molecule has 7 nitrogen and oxygen atoms in total. The third kappa shape index (κ3) is 5.15. The summed E-state index contributed by atoms with van der Waals surface area (Å²) in [5.41, 5.74) is 7.62. The van der Waals surface area contributed by atoms with Crippen LogP contribution in [-0.4, -0.2) is 46.1 Å². The van der Waals surface area contributed by atoms with Crippen LogP contribution in [0.5, 0.6) is 0 Å². The van der Waals surface area contributed by atoms with Gasteiger partial charge >= 0.3 is 0 Å². The number of nitrogens with two attached hydrogens (primary N) is 1. The highest BCUT2D eigenvalue weighted by molar-refractivity contribution is 5.87. The Morgan fingerprint density at radius 3 is 2.60 bits per heavy atom. The van der Waals surface area contributed by atoms with Crippen LogP contribution in [0.15, 0.2) is 42.7 Å². The third-order valence-corrected chi connectivity index (χ3v) is 3.94. The van der Waals surface area contributed by atoms with Gasteiger partial charge in [-0.1, -0.05) is 32.0 Å². The van der Waals surface area contributed by atoms with Crippen molar-refractivity contribution in [3.63, 3.8) is 0 Å². The molecule has 7 heteroatoms. The Labute approximate surface area is 147 Å². The Bertz CT molecular complexity index is 711. The average Bonchev–Trinajstić information content (AvgIpc) is 3.07. The molecule has 0 spiro atoms. The van der Waals surface area contributed by atoms with E-state index in [1.54, 1.807) is 22.8 Å². The molecule has 2 aromatic rings. The molecule has 0 saturated carbocycles. The molecule has 0 aliphatic heterocycles. The quantitative estimate of drug-likeness (QED) is 0.782. The van der Waals surface area contributed by atoms with Crippen molar-refractivity contribution in [3.8, 4) is 5.69 Å². The highest BCUT2D eigenvalue weighted by Gasteiger charge is 2.18. The fraction of sp³-hybridized carbons (Fsp3) is 0.389. The second-order valence-electron chi connectivity index (χ2n) is 6.37. The lowest BCUT2D eigenvalue weighted by molar-refractivity contribution is -0.132.